The van der Waals surface area contributed by atoms with Crippen molar-refractivity contribution in [3.63, 3.8) is 0 Å². The summed E-state index contributed by atoms with van der Waals surface area (Å²) in [7, 11) is 0. The second-order valence-electron chi connectivity index (χ2n) is 3.69. The molecule has 96 valence electrons. The van der Waals surface area contributed by atoms with Crippen LogP contribution in [0.15, 0.2) is 12.4 Å². The molecule has 0 aliphatic carbocycles. The molecule has 6 heteroatoms. The van der Waals surface area contributed by atoms with E-state index in [-0.39, 0.29) is 6.04 Å². The number of carbonyl (C=O) groups is 1. The van der Waals surface area contributed by atoms with Gasteiger partial charge in [0.25, 0.3) is 0 Å². The lowest BCUT2D eigenvalue weighted by atomic mass is 10.2. The molecule has 3 N–H and O–H groups in total. The molecule has 0 aliphatic rings. The lowest BCUT2D eigenvalue weighted by molar-refractivity contribution is 0.148. The lowest BCUT2D eigenvalue weighted by Crippen LogP contribution is -2.33. The van der Waals surface area contributed by atoms with Gasteiger partial charge >= 0.3 is 6.09 Å². The molecule has 0 radical (unpaired) electrons. The van der Waals surface area contributed by atoms with Crippen LogP contribution in [-0.4, -0.2) is 29.0 Å². The molecule has 1 aromatic heterocycles. The summed E-state index contributed by atoms with van der Waals surface area (Å²) in [6, 6.07) is -0.250. The van der Waals surface area contributed by atoms with Crippen molar-refractivity contribution in [2.24, 2.45) is 5.73 Å². The van der Waals surface area contributed by atoms with Gasteiger partial charge in [0, 0.05) is 24.8 Å². The Morgan fingerprint density at radius 1 is 1.65 bits per heavy atom. The fourth-order valence-corrected chi connectivity index (χ4v) is 1.50. The third-order valence-electron chi connectivity index (χ3n) is 2.31. The minimum absolute atomic E-state index is 0.250. The van der Waals surface area contributed by atoms with Crippen molar-refractivity contribution < 1.29 is 9.53 Å². The summed E-state index contributed by atoms with van der Waals surface area (Å²) in [6.45, 7) is 5.36. The molecule has 6 nitrogen and oxygen atoms in total. The molecule has 0 aromatic carbocycles. The first kappa shape index (κ1) is 13.5. The summed E-state index contributed by atoms with van der Waals surface area (Å²) in [5.41, 5.74) is 6.52. The Balaban J connectivity index is 2.62. The van der Waals surface area contributed by atoms with Gasteiger partial charge in [-0.2, -0.15) is 5.10 Å². The summed E-state index contributed by atoms with van der Waals surface area (Å²) < 4.78 is 6.66. The van der Waals surface area contributed by atoms with Gasteiger partial charge in [-0.1, -0.05) is 6.92 Å². The zero-order valence-electron chi connectivity index (χ0n) is 10.3. The van der Waals surface area contributed by atoms with Crippen molar-refractivity contribution in [3.05, 3.63) is 18.0 Å². The van der Waals surface area contributed by atoms with Crippen LogP contribution in [0.2, 0.25) is 0 Å². The largest absolute Gasteiger partial charge is 0.450 e. The number of ether oxygens (including phenoxy) is 1. The van der Waals surface area contributed by atoms with Crippen molar-refractivity contribution in [1.82, 2.24) is 15.1 Å². The van der Waals surface area contributed by atoms with E-state index >= 15 is 0 Å². The number of aromatic nitrogens is 2. The molecule has 1 unspecified atom stereocenters. The third-order valence-corrected chi connectivity index (χ3v) is 2.31. The molecule has 17 heavy (non-hydrogen) atoms. The SMILES string of the molecule is CCCn1cc(C(CN)NC(=O)OCC)cn1. The Bertz CT molecular complexity index is 351. The highest BCUT2D eigenvalue weighted by Gasteiger charge is 2.15. The van der Waals surface area contributed by atoms with E-state index in [9.17, 15) is 4.79 Å². The van der Waals surface area contributed by atoms with Crippen LogP contribution in [0.1, 0.15) is 31.9 Å². The molecule has 0 fully saturated rings. The summed E-state index contributed by atoms with van der Waals surface area (Å²) in [6.07, 6.45) is 4.18. The Hall–Kier alpha value is -1.56. The molecule has 0 saturated carbocycles. The highest BCUT2D eigenvalue weighted by atomic mass is 16.5. The van der Waals surface area contributed by atoms with E-state index in [1.165, 1.54) is 0 Å². The molecule has 1 amide bonds. The summed E-state index contributed by atoms with van der Waals surface area (Å²) in [4.78, 5) is 11.3. The van der Waals surface area contributed by atoms with Crippen LogP contribution in [0, 0.1) is 0 Å². The standard InChI is InChI=1S/C11H20N4O2/c1-3-5-15-8-9(7-13-15)10(6-12)14-11(16)17-4-2/h7-8,10H,3-6,12H2,1-2H3,(H,14,16). The minimum atomic E-state index is -0.453. The normalized spacial score (nSPS) is 12.2. The number of amides is 1. The highest BCUT2D eigenvalue weighted by Crippen LogP contribution is 2.10. The predicted molar refractivity (Wildman–Crippen MR) is 64.5 cm³/mol. The molecule has 0 spiro atoms. The molecule has 1 aromatic rings. The molecular formula is C11H20N4O2. The van der Waals surface area contributed by atoms with E-state index in [1.54, 1.807) is 13.1 Å². The Morgan fingerprint density at radius 3 is 3.00 bits per heavy atom. The summed E-state index contributed by atoms with van der Waals surface area (Å²) in [5, 5.41) is 6.90. The van der Waals surface area contributed by atoms with Crippen LogP contribution >= 0.6 is 0 Å². The van der Waals surface area contributed by atoms with Crippen molar-refractivity contribution in [1.29, 1.82) is 0 Å². The van der Waals surface area contributed by atoms with Gasteiger partial charge in [-0.15, -0.1) is 0 Å². The minimum Gasteiger partial charge on any atom is -0.450 e. The highest BCUT2D eigenvalue weighted by molar-refractivity contribution is 5.67. The first-order valence-corrected chi connectivity index (χ1v) is 5.86. The quantitative estimate of drug-likeness (QED) is 0.778. The van der Waals surface area contributed by atoms with Crippen LogP contribution < -0.4 is 11.1 Å². The van der Waals surface area contributed by atoms with Gasteiger partial charge in [0.15, 0.2) is 0 Å². The third kappa shape index (κ3) is 4.07. The number of carbonyl (C=O) groups excluding carboxylic acids is 1. The molecule has 1 rings (SSSR count). The van der Waals surface area contributed by atoms with E-state index in [4.69, 9.17) is 10.5 Å². The Morgan fingerprint density at radius 2 is 2.41 bits per heavy atom. The fourth-order valence-electron chi connectivity index (χ4n) is 1.50. The first-order chi connectivity index (χ1) is 8.21. The Kier molecular flexibility index (Phi) is 5.48. The van der Waals surface area contributed by atoms with Gasteiger partial charge in [0.2, 0.25) is 0 Å². The van der Waals surface area contributed by atoms with E-state index < -0.39 is 6.09 Å². The maximum atomic E-state index is 11.3. The first-order valence-electron chi connectivity index (χ1n) is 5.86. The zero-order valence-corrected chi connectivity index (χ0v) is 10.3. The number of aryl methyl sites for hydroxylation is 1. The van der Waals surface area contributed by atoms with E-state index in [0.717, 1.165) is 18.5 Å². The Labute approximate surface area is 101 Å². The van der Waals surface area contributed by atoms with Gasteiger partial charge in [-0.05, 0) is 13.3 Å². The molecule has 0 aliphatic heterocycles. The summed E-state index contributed by atoms with van der Waals surface area (Å²) >= 11 is 0. The smallest absolute Gasteiger partial charge is 0.407 e. The number of rotatable bonds is 6. The number of nitrogens with two attached hydrogens (primary N) is 1. The average molecular weight is 240 g/mol. The number of nitrogens with zero attached hydrogens (tertiary/aromatic N) is 2. The monoisotopic (exact) mass is 240 g/mol. The van der Waals surface area contributed by atoms with E-state index in [2.05, 4.69) is 17.3 Å². The van der Waals surface area contributed by atoms with Gasteiger partial charge in [0.05, 0.1) is 18.8 Å². The van der Waals surface area contributed by atoms with E-state index in [0.29, 0.717) is 13.2 Å². The van der Waals surface area contributed by atoms with Gasteiger partial charge in [0.1, 0.15) is 0 Å². The molecule has 0 saturated heterocycles. The van der Waals surface area contributed by atoms with Crippen molar-refractivity contribution in [3.8, 4) is 0 Å². The molecule has 1 heterocycles. The average Bonchev–Trinajstić information content (AvgIpc) is 2.75. The fraction of sp³-hybridized carbons (Fsp3) is 0.636. The molecule has 1 atom stereocenters. The molecule has 0 bridgehead atoms. The van der Waals surface area contributed by atoms with Gasteiger partial charge in [-0.3, -0.25) is 4.68 Å². The predicted octanol–water partition coefficient (Wildman–Crippen LogP) is 1.04. The second-order valence-corrected chi connectivity index (χ2v) is 3.69. The maximum Gasteiger partial charge on any atom is 0.407 e. The van der Waals surface area contributed by atoms with Crippen molar-refractivity contribution >= 4 is 6.09 Å². The number of nitrogens with one attached hydrogen (secondary N) is 1. The van der Waals surface area contributed by atoms with Crippen LogP contribution in [0.3, 0.4) is 0 Å². The summed E-state index contributed by atoms with van der Waals surface area (Å²) in [5.74, 6) is 0. The maximum absolute atomic E-state index is 11.3. The van der Waals surface area contributed by atoms with Crippen molar-refractivity contribution in [2.75, 3.05) is 13.2 Å². The zero-order chi connectivity index (χ0) is 12.7. The molecular weight excluding hydrogens is 220 g/mol. The van der Waals surface area contributed by atoms with Gasteiger partial charge in [-0.25, -0.2) is 4.79 Å². The van der Waals surface area contributed by atoms with Crippen LogP contribution in [0.25, 0.3) is 0 Å². The van der Waals surface area contributed by atoms with E-state index in [1.807, 2.05) is 10.9 Å². The van der Waals surface area contributed by atoms with Crippen LogP contribution in [-0.2, 0) is 11.3 Å². The van der Waals surface area contributed by atoms with Crippen LogP contribution in [0.5, 0.6) is 0 Å². The van der Waals surface area contributed by atoms with Crippen molar-refractivity contribution in [2.45, 2.75) is 32.9 Å². The number of alkyl carbamates (subject to hydrolysis) is 1. The van der Waals surface area contributed by atoms with Gasteiger partial charge < -0.3 is 15.8 Å². The lowest BCUT2D eigenvalue weighted by Gasteiger charge is -2.14. The van der Waals surface area contributed by atoms with Crippen LogP contribution in [0.4, 0.5) is 4.79 Å². The number of hydrogen-bond acceptors (Lipinski definition) is 4. The topological polar surface area (TPSA) is 82.2 Å². The second kappa shape index (κ2) is 6.90. The number of hydrogen-bond donors (Lipinski definition) is 2.